The van der Waals surface area contributed by atoms with E-state index in [9.17, 15) is 8.42 Å². The maximum absolute atomic E-state index is 11.3. The summed E-state index contributed by atoms with van der Waals surface area (Å²) < 4.78 is 25.2. The molecule has 0 radical (unpaired) electrons. The Kier molecular flexibility index (Phi) is 5.51. The topological polar surface area (TPSA) is 58.2 Å². The molecule has 0 saturated carbocycles. The van der Waals surface area contributed by atoms with Gasteiger partial charge in [0.25, 0.3) is 0 Å². The van der Waals surface area contributed by atoms with Gasteiger partial charge in [-0.15, -0.1) is 0 Å². The molecule has 0 amide bonds. The Balaban J connectivity index is 3.89. The molecule has 5 heteroatoms. The molecule has 0 aromatic rings. The molecule has 0 fully saturated rings. The molecule has 0 aromatic carbocycles. The van der Waals surface area contributed by atoms with Crippen molar-refractivity contribution in [1.82, 2.24) is 10.0 Å². The lowest BCUT2D eigenvalue weighted by molar-refractivity contribution is 0.515. The first-order chi connectivity index (χ1) is 5.90. The van der Waals surface area contributed by atoms with Gasteiger partial charge in [0, 0.05) is 6.54 Å². The summed E-state index contributed by atoms with van der Waals surface area (Å²) in [5, 5.41) is 2.65. The molecule has 0 heterocycles. The number of sulfonamides is 1. The largest absolute Gasteiger partial charge is 0.319 e. The van der Waals surface area contributed by atoms with Crippen LogP contribution in [0.2, 0.25) is 0 Å². The van der Waals surface area contributed by atoms with Crippen molar-refractivity contribution in [3.63, 3.8) is 0 Å². The SMILES string of the molecule is CNCC(C)CNS(=O)(=O)C(C)C. The minimum Gasteiger partial charge on any atom is -0.319 e. The van der Waals surface area contributed by atoms with Crippen LogP contribution < -0.4 is 10.0 Å². The molecule has 0 spiro atoms. The van der Waals surface area contributed by atoms with Crippen molar-refractivity contribution in [3.8, 4) is 0 Å². The van der Waals surface area contributed by atoms with Crippen molar-refractivity contribution in [2.24, 2.45) is 5.92 Å². The van der Waals surface area contributed by atoms with Crippen LogP contribution in [0, 0.1) is 5.92 Å². The van der Waals surface area contributed by atoms with E-state index in [1.54, 1.807) is 13.8 Å². The van der Waals surface area contributed by atoms with Gasteiger partial charge in [-0.25, -0.2) is 13.1 Å². The zero-order chi connectivity index (χ0) is 10.5. The van der Waals surface area contributed by atoms with E-state index in [0.29, 0.717) is 12.5 Å². The van der Waals surface area contributed by atoms with Crippen LogP contribution in [0.15, 0.2) is 0 Å². The summed E-state index contributed by atoms with van der Waals surface area (Å²) in [5.41, 5.74) is 0. The summed E-state index contributed by atoms with van der Waals surface area (Å²) in [7, 11) is -1.23. The number of nitrogens with one attached hydrogen (secondary N) is 2. The zero-order valence-corrected chi connectivity index (χ0v) is 9.61. The van der Waals surface area contributed by atoms with E-state index in [4.69, 9.17) is 0 Å². The monoisotopic (exact) mass is 208 g/mol. The molecule has 2 N–H and O–H groups in total. The highest BCUT2D eigenvalue weighted by molar-refractivity contribution is 7.90. The molecule has 4 nitrogen and oxygen atoms in total. The number of hydrogen-bond donors (Lipinski definition) is 2. The highest BCUT2D eigenvalue weighted by atomic mass is 32.2. The minimum absolute atomic E-state index is 0.318. The lowest BCUT2D eigenvalue weighted by Gasteiger charge is -2.13. The second kappa shape index (κ2) is 5.57. The Bertz CT molecular complexity index is 224. The molecule has 0 saturated heterocycles. The van der Waals surface area contributed by atoms with E-state index in [2.05, 4.69) is 10.0 Å². The molecule has 13 heavy (non-hydrogen) atoms. The first-order valence-corrected chi connectivity index (χ1v) is 6.08. The van der Waals surface area contributed by atoms with Crippen molar-refractivity contribution >= 4 is 10.0 Å². The van der Waals surface area contributed by atoms with Crippen LogP contribution in [0.1, 0.15) is 20.8 Å². The van der Waals surface area contributed by atoms with Crippen molar-refractivity contribution in [1.29, 1.82) is 0 Å². The Morgan fingerprint density at radius 3 is 2.08 bits per heavy atom. The predicted molar refractivity (Wildman–Crippen MR) is 55.1 cm³/mol. The fourth-order valence-corrected chi connectivity index (χ4v) is 1.70. The van der Waals surface area contributed by atoms with Gasteiger partial charge in [0.1, 0.15) is 0 Å². The third-order valence-electron chi connectivity index (χ3n) is 1.81. The molecule has 0 aliphatic heterocycles. The van der Waals surface area contributed by atoms with Crippen LogP contribution in [0.3, 0.4) is 0 Å². The molecule has 0 aliphatic carbocycles. The Morgan fingerprint density at radius 2 is 1.69 bits per heavy atom. The fourth-order valence-electron chi connectivity index (χ4n) is 0.846. The van der Waals surface area contributed by atoms with Gasteiger partial charge in [-0.3, -0.25) is 0 Å². The van der Waals surface area contributed by atoms with Crippen molar-refractivity contribution < 1.29 is 8.42 Å². The lowest BCUT2D eigenvalue weighted by Crippen LogP contribution is -2.36. The van der Waals surface area contributed by atoms with E-state index in [-0.39, 0.29) is 5.25 Å². The van der Waals surface area contributed by atoms with E-state index in [1.807, 2.05) is 14.0 Å². The molecule has 0 rings (SSSR count). The van der Waals surface area contributed by atoms with Crippen LogP contribution in [-0.4, -0.2) is 33.8 Å². The summed E-state index contributed by atoms with van der Waals surface area (Å²) in [6.45, 7) is 6.66. The second-order valence-electron chi connectivity index (χ2n) is 3.61. The Morgan fingerprint density at radius 1 is 1.15 bits per heavy atom. The number of hydrogen-bond acceptors (Lipinski definition) is 3. The average Bonchev–Trinajstić information content (AvgIpc) is 2.01. The summed E-state index contributed by atoms with van der Waals surface area (Å²) in [4.78, 5) is 0. The molecule has 1 unspecified atom stereocenters. The molecule has 0 bridgehead atoms. The van der Waals surface area contributed by atoms with Crippen molar-refractivity contribution in [2.45, 2.75) is 26.0 Å². The Hall–Kier alpha value is -0.130. The van der Waals surface area contributed by atoms with E-state index in [0.717, 1.165) is 6.54 Å². The van der Waals surface area contributed by atoms with Crippen molar-refractivity contribution in [2.75, 3.05) is 20.1 Å². The zero-order valence-electron chi connectivity index (χ0n) is 8.79. The van der Waals surface area contributed by atoms with Gasteiger partial charge in [-0.1, -0.05) is 6.92 Å². The number of rotatable bonds is 6. The molecular formula is C8H20N2O2S. The quantitative estimate of drug-likeness (QED) is 0.654. The molecule has 80 valence electrons. The van der Waals surface area contributed by atoms with Gasteiger partial charge < -0.3 is 5.32 Å². The van der Waals surface area contributed by atoms with E-state index >= 15 is 0 Å². The van der Waals surface area contributed by atoms with Gasteiger partial charge in [-0.2, -0.15) is 0 Å². The highest BCUT2D eigenvalue weighted by Gasteiger charge is 2.15. The van der Waals surface area contributed by atoms with Gasteiger partial charge in [0.2, 0.25) is 10.0 Å². The normalized spacial score (nSPS) is 14.8. The third kappa shape index (κ3) is 5.23. The first kappa shape index (κ1) is 12.9. The van der Waals surface area contributed by atoms with Crippen LogP contribution >= 0.6 is 0 Å². The first-order valence-electron chi connectivity index (χ1n) is 4.53. The van der Waals surface area contributed by atoms with Crippen LogP contribution in [0.25, 0.3) is 0 Å². The minimum atomic E-state index is -3.09. The summed E-state index contributed by atoms with van der Waals surface area (Å²) in [6.07, 6.45) is 0. The van der Waals surface area contributed by atoms with Crippen LogP contribution in [0.4, 0.5) is 0 Å². The lowest BCUT2D eigenvalue weighted by atomic mass is 10.2. The van der Waals surface area contributed by atoms with Gasteiger partial charge in [0.05, 0.1) is 5.25 Å². The molecule has 1 atom stereocenters. The molecular weight excluding hydrogens is 188 g/mol. The van der Waals surface area contributed by atoms with E-state index in [1.165, 1.54) is 0 Å². The smallest absolute Gasteiger partial charge is 0.213 e. The van der Waals surface area contributed by atoms with Crippen LogP contribution in [0.5, 0.6) is 0 Å². The van der Waals surface area contributed by atoms with E-state index < -0.39 is 10.0 Å². The average molecular weight is 208 g/mol. The fraction of sp³-hybridized carbons (Fsp3) is 1.00. The second-order valence-corrected chi connectivity index (χ2v) is 5.93. The van der Waals surface area contributed by atoms with Crippen LogP contribution in [-0.2, 0) is 10.0 Å². The standard InChI is InChI=1S/C8H20N2O2S/c1-7(2)13(11,12)10-6-8(3)5-9-4/h7-10H,5-6H2,1-4H3. The molecule has 0 aliphatic rings. The summed E-state index contributed by atoms with van der Waals surface area (Å²) in [6, 6.07) is 0. The Labute approximate surface area is 81.2 Å². The summed E-state index contributed by atoms with van der Waals surface area (Å²) >= 11 is 0. The van der Waals surface area contributed by atoms with Gasteiger partial charge in [-0.05, 0) is 33.4 Å². The van der Waals surface area contributed by atoms with Crippen molar-refractivity contribution in [3.05, 3.63) is 0 Å². The predicted octanol–water partition coefficient (Wildman–Crippen LogP) is 0.170. The maximum Gasteiger partial charge on any atom is 0.213 e. The van der Waals surface area contributed by atoms with Gasteiger partial charge >= 0.3 is 0 Å². The molecule has 0 aromatic heterocycles. The summed E-state index contributed by atoms with van der Waals surface area (Å²) in [5.74, 6) is 0.318. The van der Waals surface area contributed by atoms with Gasteiger partial charge in [0.15, 0.2) is 0 Å². The highest BCUT2D eigenvalue weighted by Crippen LogP contribution is 1.97. The third-order valence-corrected chi connectivity index (χ3v) is 3.62. The maximum atomic E-state index is 11.3.